The molecular formula is C34H39ClN2O6. The highest BCUT2D eigenvalue weighted by Gasteiger charge is 2.38. The van der Waals surface area contributed by atoms with Crippen molar-refractivity contribution in [3.05, 3.63) is 87.9 Å². The molecule has 2 heterocycles. The van der Waals surface area contributed by atoms with Crippen LogP contribution in [0.1, 0.15) is 61.9 Å². The highest BCUT2D eigenvalue weighted by molar-refractivity contribution is 6.30. The van der Waals surface area contributed by atoms with E-state index in [1.54, 1.807) is 11.9 Å². The van der Waals surface area contributed by atoms with Crippen LogP contribution < -0.4 is 19.7 Å². The second-order valence-electron chi connectivity index (χ2n) is 11.6. The summed E-state index contributed by atoms with van der Waals surface area (Å²) in [5, 5.41) is 14.6. The van der Waals surface area contributed by atoms with E-state index in [0.29, 0.717) is 35.4 Å². The third-order valence-corrected chi connectivity index (χ3v) is 8.55. The third-order valence-electron chi connectivity index (χ3n) is 8.30. The fraction of sp³-hybridized carbons (Fsp3) is 0.412. The number of carbonyl (C=O) groups excluding carboxylic acids is 2. The predicted octanol–water partition coefficient (Wildman–Crippen LogP) is 5.56. The molecule has 1 unspecified atom stereocenters. The van der Waals surface area contributed by atoms with Crippen molar-refractivity contribution in [1.82, 2.24) is 5.32 Å². The molecule has 0 aliphatic carbocycles. The average Bonchev–Trinajstić information content (AvgIpc) is 3.00. The lowest BCUT2D eigenvalue weighted by molar-refractivity contribution is -0.122. The highest BCUT2D eigenvalue weighted by atomic mass is 35.5. The van der Waals surface area contributed by atoms with Gasteiger partial charge in [-0.15, -0.1) is 0 Å². The van der Waals surface area contributed by atoms with Crippen LogP contribution in [0.3, 0.4) is 0 Å². The van der Waals surface area contributed by atoms with Crippen molar-refractivity contribution >= 4 is 29.1 Å². The summed E-state index contributed by atoms with van der Waals surface area (Å²) in [7, 11) is 1.55. The molecule has 2 aliphatic rings. The number of fused-ring (bicyclic) bond motifs is 1. The van der Waals surface area contributed by atoms with E-state index in [9.17, 15) is 14.7 Å². The molecule has 228 valence electrons. The topological polar surface area (TPSA) is 97.3 Å². The van der Waals surface area contributed by atoms with Crippen LogP contribution in [0.15, 0.2) is 60.7 Å². The standard InChI is InChI=1S/C34H39ClN2O6/c1-21(2)43-30-19-28-23(17-29(30)42-20-31(38)36-4)18-32(39)37(33(28)22-5-9-26(35)10-6-22)27-11-7-24(8-12-27)34(3,40)25-13-15-41-16-14-25/h5-12,17,19,21,25,33,40H,13-16,18,20H2,1-4H3,(H,36,38)/t33-,34?/m0/s1. The predicted molar refractivity (Wildman–Crippen MR) is 166 cm³/mol. The Kier molecular flexibility index (Phi) is 9.30. The average molecular weight is 607 g/mol. The van der Waals surface area contributed by atoms with E-state index < -0.39 is 11.6 Å². The summed E-state index contributed by atoms with van der Waals surface area (Å²) in [4.78, 5) is 27.6. The van der Waals surface area contributed by atoms with E-state index in [1.807, 2.05) is 81.4 Å². The van der Waals surface area contributed by atoms with Gasteiger partial charge < -0.3 is 29.5 Å². The van der Waals surface area contributed by atoms with Gasteiger partial charge in [0.25, 0.3) is 5.91 Å². The number of carbonyl (C=O) groups is 2. The van der Waals surface area contributed by atoms with Gasteiger partial charge in [0.1, 0.15) is 0 Å². The van der Waals surface area contributed by atoms with Gasteiger partial charge >= 0.3 is 0 Å². The van der Waals surface area contributed by atoms with Crippen molar-refractivity contribution in [2.24, 2.45) is 5.92 Å². The monoisotopic (exact) mass is 606 g/mol. The summed E-state index contributed by atoms with van der Waals surface area (Å²) >= 11 is 6.25. The number of halogens is 1. The third kappa shape index (κ3) is 6.66. The van der Waals surface area contributed by atoms with Crippen molar-refractivity contribution in [2.75, 3.05) is 31.8 Å². The fourth-order valence-corrected chi connectivity index (χ4v) is 6.08. The zero-order valence-electron chi connectivity index (χ0n) is 25.1. The Labute approximate surface area is 257 Å². The van der Waals surface area contributed by atoms with E-state index in [4.69, 9.17) is 25.8 Å². The van der Waals surface area contributed by atoms with Crippen molar-refractivity contribution in [3.63, 3.8) is 0 Å². The number of amides is 2. The van der Waals surface area contributed by atoms with E-state index in [2.05, 4.69) is 5.32 Å². The molecule has 8 nitrogen and oxygen atoms in total. The normalized spacial score (nSPS) is 18.6. The molecule has 0 bridgehead atoms. The smallest absolute Gasteiger partial charge is 0.257 e. The summed E-state index contributed by atoms with van der Waals surface area (Å²) < 4.78 is 17.5. The molecule has 5 rings (SSSR count). The van der Waals surface area contributed by atoms with Crippen LogP contribution in [0.5, 0.6) is 11.5 Å². The first-order valence-electron chi connectivity index (χ1n) is 14.7. The SMILES string of the molecule is CNC(=O)COc1cc2c(cc1OC(C)C)[C@H](c1ccc(Cl)cc1)N(c1ccc(C(C)(O)C3CCOCC3)cc1)C(=O)C2. The van der Waals surface area contributed by atoms with Crippen LogP contribution in [-0.4, -0.2) is 49.9 Å². The van der Waals surface area contributed by atoms with Crippen LogP contribution in [0.25, 0.3) is 0 Å². The van der Waals surface area contributed by atoms with E-state index in [0.717, 1.165) is 35.1 Å². The van der Waals surface area contributed by atoms with Gasteiger partial charge in [-0.3, -0.25) is 9.59 Å². The van der Waals surface area contributed by atoms with Gasteiger partial charge in [0.05, 0.1) is 24.2 Å². The second-order valence-corrected chi connectivity index (χ2v) is 12.0. The first kappa shape index (κ1) is 30.9. The lowest BCUT2D eigenvalue weighted by Gasteiger charge is -2.39. The molecule has 3 aromatic rings. The number of likely N-dealkylation sites (N-methyl/N-ethyl adjacent to an activating group) is 1. The van der Waals surface area contributed by atoms with E-state index >= 15 is 0 Å². The Morgan fingerprint density at radius 1 is 1.09 bits per heavy atom. The molecule has 3 aromatic carbocycles. The lowest BCUT2D eigenvalue weighted by atomic mass is 9.78. The molecule has 2 atom stereocenters. The Hall–Kier alpha value is -3.59. The molecule has 9 heteroatoms. The van der Waals surface area contributed by atoms with Gasteiger partial charge in [-0.2, -0.15) is 0 Å². The molecule has 43 heavy (non-hydrogen) atoms. The molecule has 2 aliphatic heterocycles. The summed E-state index contributed by atoms with van der Waals surface area (Å²) in [5.74, 6) is 0.636. The highest BCUT2D eigenvalue weighted by Crippen LogP contribution is 2.44. The summed E-state index contributed by atoms with van der Waals surface area (Å²) in [6, 6.07) is 18.4. The molecule has 0 spiro atoms. The number of nitrogens with one attached hydrogen (secondary N) is 1. The zero-order chi connectivity index (χ0) is 30.7. The number of ether oxygens (including phenoxy) is 3. The second kappa shape index (κ2) is 13.0. The van der Waals surface area contributed by atoms with Gasteiger partial charge in [-0.1, -0.05) is 35.9 Å². The summed E-state index contributed by atoms with van der Waals surface area (Å²) in [6.45, 7) is 6.82. The maximum Gasteiger partial charge on any atom is 0.257 e. The Bertz CT molecular complexity index is 1450. The van der Waals surface area contributed by atoms with Gasteiger partial charge in [-0.05, 0) is 98.2 Å². The van der Waals surface area contributed by atoms with Crippen molar-refractivity contribution in [1.29, 1.82) is 0 Å². The number of benzene rings is 3. The maximum absolute atomic E-state index is 13.9. The van der Waals surface area contributed by atoms with Gasteiger partial charge in [0.15, 0.2) is 18.1 Å². The molecule has 2 N–H and O–H groups in total. The number of hydrogen-bond acceptors (Lipinski definition) is 6. The minimum Gasteiger partial charge on any atom is -0.487 e. The maximum atomic E-state index is 13.9. The number of rotatable bonds is 9. The minimum atomic E-state index is -1.01. The van der Waals surface area contributed by atoms with Gasteiger partial charge in [0, 0.05) is 31.0 Å². The molecule has 0 radical (unpaired) electrons. The quantitative estimate of drug-likeness (QED) is 0.331. The fourth-order valence-electron chi connectivity index (χ4n) is 5.95. The van der Waals surface area contributed by atoms with E-state index in [1.165, 1.54) is 0 Å². The Morgan fingerprint density at radius 3 is 2.40 bits per heavy atom. The summed E-state index contributed by atoms with van der Waals surface area (Å²) in [6.07, 6.45) is 1.58. The van der Waals surface area contributed by atoms with Crippen LogP contribution in [0, 0.1) is 5.92 Å². The van der Waals surface area contributed by atoms with Crippen LogP contribution >= 0.6 is 11.6 Å². The number of anilines is 1. The first-order chi connectivity index (χ1) is 20.6. The van der Waals surface area contributed by atoms with Crippen LogP contribution in [-0.2, 0) is 26.3 Å². The molecule has 1 fully saturated rings. The van der Waals surface area contributed by atoms with Gasteiger partial charge in [-0.25, -0.2) is 0 Å². The number of hydrogen-bond donors (Lipinski definition) is 2. The molecule has 0 saturated carbocycles. The molecular weight excluding hydrogens is 568 g/mol. The number of aliphatic hydroxyl groups is 1. The molecule has 1 saturated heterocycles. The van der Waals surface area contributed by atoms with Crippen molar-refractivity contribution in [3.8, 4) is 11.5 Å². The van der Waals surface area contributed by atoms with Crippen molar-refractivity contribution < 1.29 is 28.9 Å². The molecule has 0 aromatic heterocycles. The first-order valence-corrected chi connectivity index (χ1v) is 15.1. The number of nitrogens with zero attached hydrogens (tertiary/aromatic N) is 1. The van der Waals surface area contributed by atoms with Crippen LogP contribution in [0.2, 0.25) is 5.02 Å². The molecule has 2 amide bonds. The zero-order valence-corrected chi connectivity index (χ0v) is 25.8. The minimum absolute atomic E-state index is 0.0915. The van der Waals surface area contributed by atoms with Crippen molar-refractivity contribution in [2.45, 2.75) is 57.8 Å². The van der Waals surface area contributed by atoms with Crippen LogP contribution in [0.4, 0.5) is 5.69 Å². The largest absolute Gasteiger partial charge is 0.487 e. The van der Waals surface area contributed by atoms with E-state index in [-0.39, 0.29) is 36.9 Å². The Balaban J connectivity index is 1.57. The summed E-state index contributed by atoms with van der Waals surface area (Å²) in [5.41, 5.74) is 3.08. The van der Waals surface area contributed by atoms with Gasteiger partial charge in [0.2, 0.25) is 5.91 Å². The lowest BCUT2D eigenvalue weighted by Crippen LogP contribution is -2.41. The Morgan fingerprint density at radius 2 is 1.77 bits per heavy atom.